The number of carbonyl (C=O) groups is 1. The molecule has 0 bridgehead atoms. The van der Waals surface area contributed by atoms with Crippen LogP contribution in [0.15, 0.2) is 6.20 Å². The van der Waals surface area contributed by atoms with Crippen LogP contribution in [0.1, 0.15) is 76.7 Å². The number of rotatable bonds is 5. The first kappa shape index (κ1) is 23.7. The molecule has 5 heterocycles. The van der Waals surface area contributed by atoms with Crippen molar-refractivity contribution in [2.45, 2.75) is 94.2 Å². The van der Waals surface area contributed by atoms with E-state index in [0.717, 1.165) is 56.6 Å². The van der Waals surface area contributed by atoms with Gasteiger partial charge in [0, 0.05) is 67.7 Å². The maximum atomic E-state index is 13.5. The van der Waals surface area contributed by atoms with Crippen LogP contribution in [0, 0.1) is 5.92 Å². The highest BCUT2D eigenvalue weighted by Crippen LogP contribution is 2.58. The third-order valence-electron chi connectivity index (χ3n) is 10.3. The molecule has 3 unspecified atom stereocenters. The highest BCUT2D eigenvalue weighted by atomic mass is 32.2. The highest BCUT2D eigenvalue weighted by molar-refractivity contribution is 7.94. The second kappa shape index (κ2) is 8.82. The van der Waals surface area contributed by atoms with Crippen LogP contribution in [0.25, 0.3) is 0 Å². The van der Waals surface area contributed by atoms with Gasteiger partial charge < -0.3 is 5.32 Å². The molecule has 1 aromatic rings. The SMILES string of the molecule is CC1CCCC1N1C(=O)C2(CC2)c2cnc(NC3CCN(SN4CCC5(CCCN5C)C4)CC3)nc21. The number of hydrogen-bond acceptors (Lipinski definition) is 8. The molecule has 36 heavy (non-hydrogen) atoms. The third kappa shape index (κ3) is 3.79. The molecule has 5 fully saturated rings. The number of amides is 1. The van der Waals surface area contributed by atoms with Crippen LogP contribution in [0.4, 0.5) is 11.8 Å². The summed E-state index contributed by atoms with van der Waals surface area (Å²) in [5.74, 6) is 2.44. The van der Waals surface area contributed by atoms with Crippen LogP contribution in [-0.4, -0.2) is 86.8 Å². The summed E-state index contributed by atoms with van der Waals surface area (Å²) in [7, 11) is 2.31. The number of nitrogens with zero attached hydrogens (tertiary/aromatic N) is 6. The lowest BCUT2D eigenvalue weighted by atomic mass is 9.96. The zero-order valence-electron chi connectivity index (χ0n) is 21.9. The largest absolute Gasteiger partial charge is 0.351 e. The number of nitrogens with one attached hydrogen (secondary N) is 1. The fourth-order valence-electron chi connectivity index (χ4n) is 7.74. The van der Waals surface area contributed by atoms with E-state index in [1.165, 1.54) is 51.7 Å². The molecule has 2 aliphatic carbocycles. The standard InChI is InChI=1S/C27H41N7OS/c1-19-5-3-6-22(19)34-23-21(27(10-11-27)24(34)35)17-28-25(30-23)29-20-7-14-32(15-8-20)36-33-16-12-26(18-33)9-4-13-31(26)2/h17,19-20,22H,3-16,18H2,1-2H3,(H,28,29,30). The number of carbonyl (C=O) groups excluding carboxylic acids is 1. The molecular weight excluding hydrogens is 470 g/mol. The molecule has 2 spiro atoms. The summed E-state index contributed by atoms with van der Waals surface area (Å²) in [6, 6.07) is 0.685. The lowest BCUT2D eigenvalue weighted by Crippen LogP contribution is -2.43. The Morgan fingerprint density at radius 2 is 1.83 bits per heavy atom. The first-order valence-electron chi connectivity index (χ1n) is 14.3. The average Bonchev–Trinajstić information content (AvgIpc) is 3.08. The van der Waals surface area contributed by atoms with Crippen molar-refractivity contribution in [2.75, 3.05) is 50.0 Å². The summed E-state index contributed by atoms with van der Waals surface area (Å²) >= 11 is 1.97. The van der Waals surface area contributed by atoms with E-state index in [-0.39, 0.29) is 5.41 Å². The zero-order chi connectivity index (χ0) is 24.5. The van der Waals surface area contributed by atoms with Crippen LogP contribution in [-0.2, 0) is 10.2 Å². The normalized spacial score (nSPS) is 34.9. The van der Waals surface area contributed by atoms with Crippen molar-refractivity contribution in [1.29, 1.82) is 0 Å². The van der Waals surface area contributed by atoms with Gasteiger partial charge in [-0.05, 0) is 77.3 Å². The molecule has 1 aromatic heterocycles. The van der Waals surface area contributed by atoms with E-state index in [0.29, 0.717) is 35.4 Å². The summed E-state index contributed by atoms with van der Waals surface area (Å²) in [6.45, 7) is 8.12. The topological polar surface area (TPSA) is 67.8 Å². The van der Waals surface area contributed by atoms with Crippen LogP contribution in [0.2, 0.25) is 0 Å². The van der Waals surface area contributed by atoms with Gasteiger partial charge in [0.15, 0.2) is 0 Å². The van der Waals surface area contributed by atoms with Gasteiger partial charge in [-0.25, -0.2) is 13.6 Å². The van der Waals surface area contributed by atoms with Crippen molar-refractivity contribution in [3.8, 4) is 0 Å². The molecule has 1 amide bonds. The van der Waals surface area contributed by atoms with Crippen molar-refractivity contribution >= 4 is 29.8 Å². The van der Waals surface area contributed by atoms with Gasteiger partial charge in [0.1, 0.15) is 5.82 Å². The Labute approximate surface area is 219 Å². The maximum absolute atomic E-state index is 13.5. The van der Waals surface area contributed by atoms with Gasteiger partial charge in [0.05, 0.1) is 5.41 Å². The summed E-state index contributed by atoms with van der Waals surface area (Å²) < 4.78 is 5.15. The Bertz CT molecular complexity index is 1030. The molecule has 4 aliphatic heterocycles. The van der Waals surface area contributed by atoms with E-state index in [1.807, 2.05) is 18.3 Å². The Morgan fingerprint density at radius 1 is 1.00 bits per heavy atom. The minimum atomic E-state index is -0.305. The highest BCUT2D eigenvalue weighted by Gasteiger charge is 2.62. The third-order valence-corrected chi connectivity index (χ3v) is 11.4. The average molecular weight is 512 g/mol. The van der Waals surface area contributed by atoms with Gasteiger partial charge in [0.2, 0.25) is 11.9 Å². The maximum Gasteiger partial charge on any atom is 0.239 e. The zero-order valence-corrected chi connectivity index (χ0v) is 22.7. The first-order valence-corrected chi connectivity index (χ1v) is 15.1. The Balaban J connectivity index is 0.978. The smallest absolute Gasteiger partial charge is 0.239 e. The number of aromatic nitrogens is 2. The molecule has 0 aromatic carbocycles. The number of anilines is 2. The van der Waals surface area contributed by atoms with Crippen molar-refractivity contribution in [3.05, 3.63) is 11.8 Å². The molecule has 7 rings (SSSR count). The number of piperidine rings is 1. The summed E-state index contributed by atoms with van der Waals surface area (Å²) in [4.78, 5) is 27.9. The van der Waals surface area contributed by atoms with E-state index < -0.39 is 0 Å². The fraction of sp³-hybridized carbons (Fsp3) is 0.815. The number of likely N-dealkylation sites (tertiary alicyclic amines) is 1. The summed E-state index contributed by atoms with van der Waals surface area (Å²) in [6.07, 6.45) is 13.6. The number of fused-ring (bicyclic) bond motifs is 2. The Hall–Kier alpha value is -1.42. The first-order chi connectivity index (χ1) is 17.5. The second-order valence-electron chi connectivity index (χ2n) is 12.5. The molecule has 0 radical (unpaired) electrons. The molecule has 6 aliphatic rings. The van der Waals surface area contributed by atoms with Crippen LogP contribution >= 0.6 is 12.1 Å². The van der Waals surface area contributed by atoms with Crippen molar-refractivity contribution < 1.29 is 4.79 Å². The van der Waals surface area contributed by atoms with Gasteiger partial charge in [-0.2, -0.15) is 4.98 Å². The van der Waals surface area contributed by atoms with E-state index >= 15 is 0 Å². The monoisotopic (exact) mass is 511 g/mol. The fourth-order valence-corrected chi connectivity index (χ4v) is 8.91. The quantitative estimate of drug-likeness (QED) is 0.601. The van der Waals surface area contributed by atoms with Gasteiger partial charge in [-0.3, -0.25) is 14.6 Å². The van der Waals surface area contributed by atoms with Crippen LogP contribution in [0.3, 0.4) is 0 Å². The number of likely N-dealkylation sites (N-methyl/N-ethyl adjacent to an activating group) is 1. The molecule has 196 valence electrons. The minimum absolute atomic E-state index is 0.292. The molecule has 1 N–H and O–H groups in total. The second-order valence-corrected chi connectivity index (χ2v) is 13.7. The molecular formula is C27H41N7OS. The van der Waals surface area contributed by atoms with Crippen molar-refractivity contribution in [2.24, 2.45) is 5.92 Å². The molecule has 8 nitrogen and oxygen atoms in total. The van der Waals surface area contributed by atoms with Gasteiger partial charge in [0.25, 0.3) is 0 Å². The predicted octanol–water partition coefficient (Wildman–Crippen LogP) is 3.65. The van der Waals surface area contributed by atoms with E-state index in [9.17, 15) is 4.79 Å². The van der Waals surface area contributed by atoms with Crippen molar-refractivity contribution in [1.82, 2.24) is 23.5 Å². The molecule has 3 atom stereocenters. The Kier molecular flexibility index (Phi) is 5.80. The van der Waals surface area contributed by atoms with Gasteiger partial charge in [-0.15, -0.1) is 0 Å². The molecule has 9 heteroatoms. The van der Waals surface area contributed by atoms with Crippen LogP contribution in [0.5, 0.6) is 0 Å². The van der Waals surface area contributed by atoms with Crippen molar-refractivity contribution in [3.63, 3.8) is 0 Å². The lowest BCUT2D eigenvalue weighted by Gasteiger charge is -2.35. The number of hydrogen-bond donors (Lipinski definition) is 1. The van der Waals surface area contributed by atoms with Gasteiger partial charge >= 0.3 is 0 Å². The van der Waals surface area contributed by atoms with E-state index in [1.54, 1.807) is 0 Å². The summed E-state index contributed by atoms with van der Waals surface area (Å²) in [5, 5.41) is 3.64. The van der Waals surface area contributed by atoms with E-state index in [2.05, 4.69) is 37.7 Å². The van der Waals surface area contributed by atoms with Crippen LogP contribution < -0.4 is 10.2 Å². The Morgan fingerprint density at radius 3 is 2.53 bits per heavy atom. The molecule has 3 saturated heterocycles. The summed E-state index contributed by atoms with van der Waals surface area (Å²) in [5.41, 5.74) is 1.21. The lowest BCUT2D eigenvalue weighted by molar-refractivity contribution is -0.120. The minimum Gasteiger partial charge on any atom is -0.351 e. The molecule has 2 saturated carbocycles. The van der Waals surface area contributed by atoms with Gasteiger partial charge in [-0.1, -0.05) is 13.3 Å². The predicted molar refractivity (Wildman–Crippen MR) is 144 cm³/mol. The van der Waals surface area contributed by atoms with E-state index in [4.69, 9.17) is 9.97 Å².